The predicted octanol–water partition coefficient (Wildman–Crippen LogP) is 2.18. The molecule has 5 nitrogen and oxygen atoms in total. The Labute approximate surface area is 122 Å². The average Bonchev–Trinajstić information content (AvgIpc) is 3.02. The van der Waals surface area contributed by atoms with Gasteiger partial charge in [0.05, 0.1) is 0 Å². The summed E-state index contributed by atoms with van der Waals surface area (Å²) in [5.41, 5.74) is 0.287. The summed E-state index contributed by atoms with van der Waals surface area (Å²) in [5, 5.41) is 3.20. The average molecular weight is 287 g/mol. The van der Waals surface area contributed by atoms with Gasteiger partial charge in [-0.2, -0.15) is 0 Å². The Bertz CT molecular complexity index is 563. The van der Waals surface area contributed by atoms with Crippen LogP contribution >= 0.6 is 11.3 Å². The van der Waals surface area contributed by atoms with Gasteiger partial charge in [0.25, 0.3) is 0 Å². The summed E-state index contributed by atoms with van der Waals surface area (Å²) < 4.78 is 0. The van der Waals surface area contributed by atoms with Gasteiger partial charge in [0.1, 0.15) is 0 Å². The highest BCUT2D eigenvalue weighted by atomic mass is 32.1. The molecular weight excluding hydrogens is 270 g/mol. The van der Waals surface area contributed by atoms with Crippen LogP contribution < -0.4 is 9.80 Å². The molecule has 2 aromatic heterocycles. The first kappa shape index (κ1) is 12.1. The topological polar surface area (TPSA) is 45.2 Å². The molecule has 0 amide bonds. The number of rotatable bonds is 2. The fraction of sp³-hybridized carbons (Fsp3) is 0.500. The van der Waals surface area contributed by atoms with Gasteiger partial charge in [0, 0.05) is 49.1 Å². The summed E-state index contributed by atoms with van der Waals surface area (Å²) >= 11 is 1.73. The predicted molar refractivity (Wildman–Crippen MR) is 80.3 cm³/mol. The first-order valence-corrected chi connectivity index (χ1v) is 7.95. The van der Waals surface area contributed by atoms with Gasteiger partial charge in [0.2, 0.25) is 5.95 Å². The first-order valence-electron chi connectivity index (χ1n) is 7.07. The molecule has 4 heterocycles. The van der Waals surface area contributed by atoms with Crippen LogP contribution in [0.5, 0.6) is 0 Å². The number of aromatic nitrogens is 3. The zero-order valence-electron chi connectivity index (χ0n) is 11.3. The molecule has 0 atom stereocenters. The second-order valence-electron chi connectivity index (χ2n) is 5.48. The van der Waals surface area contributed by atoms with Crippen LogP contribution in [0.4, 0.5) is 11.1 Å². The lowest BCUT2D eigenvalue weighted by Gasteiger charge is -2.56. The SMILES string of the molecule is c1cnc(N2CCC23CCN(c2nccs2)CC3)nc1. The monoisotopic (exact) mass is 287 g/mol. The summed E-state index contributed by atoms with van der Waals surface area (Å²) in [7, 11) is 0. The molecule has 1 spiro atoms. The molecule has 20 heavy (non-hydrogen) atoms. The summed E-state index contributed by atoms with van der Waals surface area (Å²) in [6.45, 7) is 3.24. The fourth-order valence-corrected chi connectivity index (χ4v) is 3.99. The van der Waals surface area contributed by atoms with Gasteiger partial charge in [-0.1, -0.05) is 0 Å². The maximum Gasteiger partial charge on any atom is 0.225 e. The molecule has 0 radical (unpaired) electrons. The van der Waals surface area contributed by atoms with Gasteiger partial charge in [-0.3, -0.25) is 0 Å². The third kappa shape index (κ3) is 1.86. The molecular formula is C14H17N5S. The van der Waals surface area contributed by atoms with E-state index in [0.717, 1.165) is 30.7 Å². The van der Waals surface area contributed by atoms with E-state index in [1.165, 1.54) is 19.3 Å². The van der Waals surface area contributed by atoms with Gasteiger partial charge >= 0.3 is 0 Å². The number of thiazole rings is 1. The molecule has 2 fully saturated rings. The van der Waals surface area contributed by atoms with Crippen molar-refractivity contribution in [3.63, 3.8) is 0 Å². The van der Waals surface area contributed by atoms with E-state index in [2.05, 4.69) is 24.8 Å². The Balaban J connectivity index is 1.48. The Kier molecular flexibility index (Phi) is 2.84. The molecule has 0 N–H and O–H groups in total. The molecule has 2 aliphatic heterocycles. The molecule has 6 heteroatoms. The summed E-state index contributed by atoms with van der Waals surface area (Å²) in [4.78, 5) is 18.0. The van der Waals surface area contributed by atoms with E-state index < -0.39 is 0 Å². The van der Waals surface area contributed by atoms with Crippen molar-refractivity contribution in [2.75, 3.05) is 29.4 Å². The zero-order valence-corrected chi connectivity index (χ0v) is 12.1. The molecule has 0 aromatic carbocycles. The highest BCUT2D eigenvalue weighted by Crippen LogP contribution is 2.42. The normalized spacial score (nSPS) is 21.0. The van der Waals surface area contributed by atoms with Gasteiger partial charge in [-0.25, -0.2) is 15.0 Å². The minimum atomic E-state index is 0.287. The van der Waals surface area contributed by atoms with E-state index in [0.29, 0.717) is 0 Å². The molecule has 2 aliphatic rings. The van der Waals surface area contributed by atoms with Crippen LogP contribution in [0, 0.1) is 0 Å². The Morgan fingerprint density at radius 1 is 0.950 bits per heavy atom. The van der Waals surface area contributed by atoms with Crippen molar-refractivity contribution in [2.45, 2.75) is 24.8 Å². The van der Waals surface area contributed by atoms with Gasteiger partial charge in [0.15, 0.2) is 5.13 Å². The lowest BCUT2D eigenvalue weighted by Crippen LogP contribution is -2.65. The molecule has 4 rings (SSSR count). The van der Waals surface area contributed by atoms with E-state index in [4.69, 9.17) is 0 Å². The van der Waals surface area contributed by atoms with E-state index in [1.54, 1.807) is 11.3 Å². The van der Waals surface area contributed by atoms with E-state index in [-0.39, 0.29) is 5.54 Å². The molecule has 0 unspecified atom stereocenters. The molecule has 2 saturated heterocycles. The van der Waals surface area contributed by atoms with Crippen molar-refractivity contribution in [3.8, 4) is 0 Å². The minimum Gasteiger partial charge on any atom is -0.348 e. The van der Waals surface area contributed by atoms with Crippen molar-refractivity contribution in [1.82, 2.24) is 15.0 Å². The minimum absolute atomic E-state index is 0.287. The number of hydrogen-bond donors (Lipinski definition) is 0. The van der Waals surface area contributed by atoms with E-state index in [9.17, 15) is 0 Å². The molecule has 0 bridgehead atoms. The maximum atomic E-state index is 4.41. The largest absolute Gasteiger partial charge is 0.348 e. The summed E-state index contributed by atoms with van der Waals surface area (Å²) in [6, 6.07) is 1.88. The van der Waals surface area contributed by atoms with E-state index >= 15 is 0 Å². The van der Waals surface area contributed by atoms with Crippen LogP contribution in [-0.2, 0) is 0 Å². The summed E-state index contributed by atoms with van der Waals surface area (Å²) in [5.74, 6) is 0.890. The van der Waals surface area contributed by atoms with E-state index in [1.807, 2.05) is 30.0 Å². The van der Waals surface area contributed by atoms with Gasteiger partial charge in [-0.05, 0) is 25.3 Å². The van der Waals surface area contributed by atoms with Crippen LogP contribution in [0.3, 0.4) is 0 Å². The van der Waals surface area contributed by atoms with Crippen molar-refractivity contribution >= 4 is 22.4 Å². The molecule has 2 aromatic rings. The zero-order chi connectivity index (χ0) is 13.4. The lowest BCUT2D eigenvalue weighted by atomic mass is 9.76. The molecule has 104 valence electrons. The summed E-state index contributed by atoms with van der Waals surface area (Å²) in [6.07, 6.45) is 9.16. The van der Waals surface area contributed by atoms with Crippen LogP contribution in [-0.4, -0.2) is 40.1 Å². The van der Waals surface area contributed by atoms with Crippen LogP contribution in [0.1, 0.15) is 19.3 Å². The maximum absolute atomic E-state index is 4.41. The van der Waals surface area contributed by atoms with Crippen molar-refractivity contribution in [3.05, 3.63) is 30.0 Å². The fourth-order valence-electron chi connectivity index (χ4n) is 3.29. The second kappa shape index (κ2) is 4.70. The second-order valence-corrected chi connectivity index (χ2v) is 6.35. The Morgan fingerprint density at radius 3 is 2.30 bits per heavy atom. The number of anilines is 2. The standard InChI is InChI=1S/C14H17N5S/c1-5-15-12(16-6-1)19-10-4-14(19)2-8-18(9-3-14)13-17-7-11-20-13/h1,5-7,11H,2-4,8-10H2. The van der Waals surface area contributed by atoms with Crippen LogP contribution in [0.2, 0.25) is 0 Å². The number of hydrogen-bond acceptors (Lipinski definition) is 6. The highest BCUT2D eigenvalue weighted by molar-refractivity contribution is 7.13. The van der Waals surface area contributed by atoms with Crippen LogP contribution in [0.25, 0.3) is 0 Å². The first-order chi connectivity index (χ1) is 9.87. The third-order valence-corrected chi connectivity index (χ3v) is 5.38. The smallest absolute Gasteiger partial charge is 0.225 e. The quantitative estimate of drug-likeness (QED) is 0.847. The van der Waals surface area contributed by atoms with Crippen molar-refractivity contribution < 1.29 is 0 Å². The van der Waals surface area contributed by atoms with Gasteiger partial charge in [-0.15, -0.1) is 11.3 Å². The molecule has 0 aliphatic carbocycles. The number of nitrogens with zero attached hydrogens (tertiary/aromatic N) is 5. The van der Waals surface area contributed by atoms with Gasteiger partial charge < -0.3 is 9.80 Å². The molecule has 0 saturated carbocycles. The Morgan fingerprint density at radius 2 is 1.70 bits per heavy atom. The lowest BCUT2D eigenvalue weighted by molar-refractivity contribution is 0.215. The van der Waals surface area contributed by atoms with Crippen molar-refractivity contribution in [1.29, 1.82) is 0 Å². The Hall–Kier alpha value is -1.69. The van der Waals surface area contributed by atoms with Crippen molar-refractivity contribution in [2.24, 2.45) is 0 Å². The number of piperidine rings is 1. The highest BCUT2D eigenvalue weighted by Gasteiger charge is 2.47. The third-order valence-electron chi connectivity index (χ3n) is 4.55. The van der Waals surface area contributed by atoms with Crippen LogP contribution in [0.15, 0.2) is 30.0 Å².